The van der Waals surface area contributed by atoms with Gasteiger partial charge in [0.2, 0.25) is 0 Å². The molecule has 4 nitrogen and oxygen atoms in total. The molecule has 1 amide bonds. The summed E-state index contributed by atoms with van der Waals surface area (Å²) < 4.78 is 5.46. The molecule has 0 fully saturated rings. The first kappa shape index (κ1) is 13.2. The van der Waals surface area contributed by atoms with Crippen LogP contribution in [0.3, 0.4) is 0 Å². The van der Waals surface area contributed by atoms with E-state index in [2.05, 4.69) is 5.32 Å². The van der Waals surface area contributed by atoms with E-state index >= 15 is 0 Å². The van der Waals surface area contributed by atoms with E-state index in [1.54, 1.807) is 13.0 Å². The summed E-state index contributed by atoms with van der Waals surface area (Å²) in [4.78, 5) is 12.3. The zero-order valence-corrected chi connectivity index (χ0v) is 11.6. The molecule has 0 saturated carbocycles. The van der Waals surface area contributed by atoms with Gasteiger partial charge in [-0.3, -0.25) is 4.79 Å². The fourth-order valence-electron chi connectivity index (χ4n) is 2.04. The fraction of sp³-hybridized carbons (Fsp3) is 0.267. The van der Waals surface area contributed by atoms with E-state index in [4.69, 9.17) is 10.2 Å². The minimum absolute atomic E-state index is 0.171. The molecule has 0 atom stereocenters. The Morgan fingerprint density at radius 2 is 1.84 bits per heavy atom. The molecule has 4 heteroatoms. The van der Waals surface area contributed by atoms with Gasteiger partial charge in [-0.2, -0.15) is 0 Å². The third-order valence-electron chi connectivity index (χ3n) is 3.33. The number of furan rings is 1. The lowest BCUT2D eigenvalue weighted by atomic mass is 10.1. The largest absolute Gasteiger partial charge is 0.466 e. The maximum atomic E-state index is 12.3. The Kier molecular flexibility index (Phi) is 3.34. The number of carbonyl (C=O) groups is 1. The smallest absolute Gasteiger partial charge is 0.259 e. The van der Waals surface area contributed by atoms with Crippen molar-refractivity contribution in [1.29, 1.82) is 0 Å². The van der Waals surface area contributed by atoms with E-state index < -0.39 is 0 Å². The van der Waals surface area contributed by atoms with Crippen LogP contribution in [0.2, 0.25) is 0 Å². The second-order valence-electron chi connectivity index (χ2n) is 4.74. The topological polar surface area (TPSA) is 68.3 Å². The Hall–Kier alpha value is -2.23. The SMILES string of the molecule is Cc1ccc(NC(=O)c2c(C)oc(C)c2C)cc1N. The monoisotopic (exact) mass is 258 g/mol. The van der Waals surface area contributed by atoms with Gasteiger partial charge >= 0.3 is 0 Å². The standard InChI is InChI=1S/C15H18N2O2/c1-8-5-6-12(7-13(8)16)17-15(18)14-9(2)10(3)19-11(14)4/h5-7H,16H2,1-4H3,(H,17,18). The van der Waals surface area contributed by atoms with Crippen LogP contribution in [0.15, 0.2) is 22.6 Å². The molecular formula is C15H18N2O2. The minimum Gasteiger partial charge on any atom is -0.466 e. The van der Waals surface area contributed by atoms with Gasteiger partial charge in [0.15, 0.2) is 0 Å². The number of nitrogens with one attached hydrogen (secondary N) is 1. The van der Waals surface area contributed by atoms with Gasteiger partial charge in [0.25, 0.3) is 5.91 Å². The summed E-state index contributed by atoms with van der Waals surface area (Å²) >= 11 is 0. The lowest BCUT2D eigenvalue weighted by Crippen LogP contribution is -2.13. The van der Waals surface area contributed by atoms with Crippen LogP contribution in [0.25, 0.3) is 0 Å². The molecule has 0 bridgehead atoms. The van der Waals surface area contributed by atoms with Gasteiger partial charge in [-0.05, 0) is 45.4 Å². The Morgan fingerprint density at radius 3 is 2.37 bits per heavy atom. The van der Waals surface area contributed by atoms with Crippen molar-refractivity contribution in [2.24, 2.45) is 0 Å². The highest BCUT2D eigenvalue weighted by atomic mass is 16.3. The number of aryl methyl sites for hydroxylation is 3. The summed E-state index contributed by atoms with van der Waals surface area (Å²) in [5.41, 5.74) is 9.63. The molecule has 1 heterocycles. The zero-order chi connectivity index (χ0) is 14.2. The number of hydrogen-bond acceptors (Lipinski definition) is 3. The maximum absolute atomic E-state index is 12.3. The highest BCUT2D eigenvalue weighted by Gasteiger charge is 2.18. The molecule has 19 heavy (non-hydrogen) atoms. The maximum Gasteiger partial charge on any atom is 0.259 e. The van der Waals surface area contributed by atoms with Crippen LogP contribution in [0.1, 0.15) is 33.0 Å². The molecule has 1 aromatic heterocycles. The van der Waals surface area contributed by atoms with Gasteiger partial charge in [0, 0.05) is 16.9 Å². The first-order chi connectivity index (χ1) is 8.90. The quantitative estimate of drug-likeness (QED) is 0.812. The molecule has 1 aromatic carbocycles. The molecule has 0 unspecified atom stereocenters. The number of benzene rings is 1. The average molecular weight is 258 g/mol. The van der Waals surface area contributed by atoms with Crippen LogP contribution in [0.5, 0.6) is 0 Å². The number of anilines is 2. The van der Waals surface area contributed by atoms with Crippen LogP contribution in [-0.2, 0) is 0 Å². The average Bonchev–Trinajstić information content (AvgIpc) is 2.58. The predicted octanol–water partition coefficient (Wildman–Crippen LogP) is 3.35. The van der Waals surface area contributed by atoms with Gasteiger partial charge in [-0.15, -0.1) is 0 Å². The van der Waals surface area contributed by atoms with Crippen LogP contribution >= 0.6 is 0 Å². The predicted molar refractivity (Wildman–Crippen MR) is 76.5 cm³/mol. The number of rotatable bonds is 2. The summed E-state index contributed by atoms with van der Waals surface area (Å²) in [7, 11) is 0. The van der Waals surface area contributed by atoms with Crippen molar-refractivity contribution in [3.63, 3.8) is 0 Å². The number of carbonyl (C=O) groups excluding carboxylic acids is 1. The lowest BCUT2D eigenvalue weighted by Gasteiger charge is -2.07. The van der Waals surface area contributed by atoms with Gasteiger partial charge in [0.05, 0.1) is 5.56 Å². The van der Waals surface area contributed by atoms with Crippen LogP contribution in [0.4, 0.5) is 11.4 Å². The highest BCUT2D eigenvalue weighted by molar-refractivity contribution is 6.06. The normalized spacial score (nSPS) is 10.5. The van der Waals surface area contributed by atoms with E-state index in [9.17, 15) is 4.79 Å². The van der Waals surface area contributed by atoms with Gasteiger partial charge in [-0.1, -0.05) is 6.07 Å². The first-order valence-corrected chi connectivity index (χ1v) is 6.14. The van der Waals surface area contributed by atoms with Crippen molar-refractivity contribution in [3.05, 3.63) is 46.4 Å². The van der Waals surface area contributed by atoms with Crippen molar-refractivity contribution < 1.29 is 9.21 Å². The third-order valence-corrected chi connectivity index (χ3v) is 3.33. The lowest BCUT2D eigenvalue weighted by molar-refractivity contribution is 0.102. The molecule has 0 aliphatic rings. The number of nitrogen functional groups attached to an aromatic ring is 1. The van der Waals surface area contributed by atoms with Gasteiger partial charge in [-0.25, -0.2) is 0 Å². The van der Waals surface area contributed by atoms with E-state index in [1.807, 2.05) is 32.9 Å². The second-order valence-corrected chi connectivity index (χ2v) is 4.74. The molecule has 0 saturated heterocycles. The molecule has 0 aliphatic heterocycles. The number of amides is 1. The molecule has 2 aromatic rings. The molecule has 2 rings (SSSR count). The van der Waals surface area contributed by atoms with E-state index in [1.165, 1.54) is 0 Å². The Bertz CT molecular complexity index is 642. The summed E-state index contributed by atoms with van der Waals surface area (Å²) in [5.74, 6) is 1.23. The molecular weight excluding hydrogens is 240 g/mol. The van der Waals surface area contributed by atoms with Crippen molar-refractivity contribution in [3.8, 4) is 0 Å². The van der Waals surface area contributed by atoms with Crippen molar-refractivity contribution >= 4 is 17.3 Å². The van der Waals surface area contributed by atoms with Crippen LogP contribution in [-0.4, -0.2) is 5.91 Å². The summed E-state index contributed by atoms with van der Waals surface area (Å²) in [6.07, 6.45) is 0. The Labute approximate surface area is 112 Å². The second kappa shape index (κ2) is 4.80. The van der Waals surface area contributed by atoms with E-state index in [0.717, 1.165) is 16.9 Å². The molecule has 100 valence electrons. The highest BCUT2D eigenvalue weighted by Crippen LogP contribution is 2.23. The number of nitrogens with two attached hydrogens (primary N) is 1. The van der Waals surface area contributed by atoms with Crippen molar-refractivity contribution in [1.82, 2.24) is 0 Å². The number of hydrogen-bond donors (Lipinski definition) is 2. The first-order valence-electron chi connectivity index (χ1n) is 6.14. The summed E-state index contributed by atoms with van der Waals surface area (Å²) in [5, 5.41) is 2.84. The van der Waals surface area contributed by atoms with Crippen molar-refractivity contribution in [2.75, 3.05) is 11.1 Å². The third kappa shape index (κ3) is 2.47. The van der Waals surface area contributed by atoms with Gasteiger partial charge < -0.3 is 15.5 Å². The molecule has 0 radical (unpaired) electrons. The summed E-state index contributed by atoms with van der Waals surface area (Å²) in [6.45, 7) is 7.44. The Morgan fingerprint density at radius 1 is 1.16 bits per heavy atom. The van der Waals surface area contributed by atoms with Crippen LogP contribution < -0.4 is 11.1 Å². The fourth-order valence-corrected chi connectivity index (χ4v) is 2.04. The minimum atomic E-state index is -0.171. The Balaban J connectivity index is 2.28. The van der Waals surface area contributed by atoms with E-state index in [0.29, 0.717) is 22.7 Å². The summed E-state index contributed by atoms with van der Waals surface area (Å²) in [6, 6.07) is 5.47. The zero-order valence-electron chi connectivity index (χ0n) is 11.6. The van der Waals surface area contributed by atoms with Crippen LogP contribution in [0, 0.1) is 27.7 Å². The molecule has 0 aliphatic carbocycles. The molecule has 3 N–H and O–H groups in total. The van der Waals surface area contributed by atoms with Gasteiger partial charge in [0.1, 0.15) is 11.5 Å². The van der Waals surface area contributed by atoms with Crippen molar-refractivity contribution in [2.45, 2.75) is 27.7 Å². The molecule has 0 spiro atoms. The van der Waals surface area contributed by atoms with E-state index in [-0.39, 0.29) is 5.91 Å².